The van der Waals surface area contributed by atoms with Crippen LogP contribution in [0.25, 0.3) is 0 Å². The fourth-order valence-electron chi connectivity index (χ4n) is 5.14. The number of aliphatic hydroxyl groups excluding tert-OH is 1. The Kier molecular flexibility index (Phi) is 12.1. The van der Waals surface area contributed by atoms with Gasteiger partial charge in [0.25, 0.3) is 0 Å². The minimum Gasteiger partial charge on any atom is -0.387 e. The maximum absolute atomic E-state index is 12.5. The molecule has 1 aromatic carbocycles. The third-order valence-electron chi connectivity index (χ3n) is 7.06. The molecule has 2 fully saturated rings. The van der Waals surface area contributed by atoms with Gasteiger partial charge in [0.05, 0.1) is 6.42 Å². The van der Waals surface area contributed by atoms with Gasteiger partial charge >= 0.3 is 0 Å². The first kappa shape index (κ1) is 30.3. The maximum Gasteiger partial charge on any atom is 0.224 e. The van der Waals surface area contributed by atoms with Crippen molar-refractivity contribution in [1.29, 1.82) is 0 Å². The molecule has 37 heavy (non-hydrogen) atoms. The number of benzene rings is 1. The molecule has 8 heteroatoms. The molecule has 2 aliphatic rings. The van der Waals surface area contributed by atoms with Crippen LogP contribution in [-0.4, -0.2) is 60.7 Å². The lowest BCUT2D eigenvalue weighted by atomic mass is 10.1. The van der Waals surface area contributed by atoms with E-state index < -0.39 is 29.9 Å². The summed E-state index contributed by atoms with van der Waals surface area (Å²) in [4.78, 5) is 12.5. The van der Waals surface area contributed by atoms with Crippen LogP contribution in [0.4, 0.5) is 0 Å². The van der Waals surface area contributed by atoms with E-state index in [-0.39, 0.29) is 25.5 Å². The summed E-state index contributed by atoms with van der Waals surface area (Å²) in [5, 5.41) is 14.3. The van der Waals surface area contributed by atoms with Gasteiger partial charge in [0, 0.05) is 18.2 Å². The van der Waals surface area contributed by atoms with E-state index in [0.29, 0.717) is 11.6 Å². The first-order valence-electron chi connectivity index (χ1n) is 14.1. The van der Waals surface area contributed by atoms with Crippen LogP contribution in [0.15, 0.2) is 24.3 Å². The average molecular weight is 540 g/mol. The maximum atomic E-state index is 12.5. The second-order valence-electron chi connectivity index (χ2n) is 10.8. The molecule has 7 nitrogen and oxygen atoms in total. The molecule has 0 bridgehead atoms. The molecule has 4 atom stereocenters. The molecule has 1 aromatic rings. The van der Waals surface area contributed by atoms with E-state index in [0.717, 1.165) is 18.4 Å². The second-order valence-corrected chi connectivity index (χ2v) is 11.2. The quantitative estimate of drug-likeness (QED) is 0.253. The molecule has 3 rings (SSSR count). The van der Waals surface area contributed by atoms with E-state index in [1.807, 2.05) is 18.2 Å². The Morgan fingerprint density at radius 1 is 1.03 bits per heavy atom. The SMILES string of the molecule is CCCCCCCCCCCCOC[C@@]12O[C@@H](CNC(=O)Cc3ccccc3Cl)[C@@H](O)[C@@H]1OC(C)(C)O2. The Morgan fingerprint density at radius 2 is 1.68 bits per heavy atom. The standard InChI is InChI=1S/C29H46ClNO6/c1-4-5-6-7-8-9-10-11-12-15-18-34-21-29-27(36-28(2,3)37-29)26(33)24(35-29)20-31-25(32)19-22-16-13-14-17-23(22)30/h13-14,16-17,24,26-27,33H,4-12,15,18-21H2,1-3H3,(H,31,32)/t24-,26+,27-,29-/m0/s1. The molecule has 0 unspecified atom stereocenters. The molecular weight excluding hydrogens is 494 g/mol. The summed E-state index contributed by atoms with van der Waals surface area (Å²) in [6.07, 6.45) is 10.5. The summed E-state index contributed by atoms with van der Waals surface area (Å²) < 4.78 is 24.2. The molecule has 2 aliphatic heterocycles. The minimum atomic E-state index is -1.19. The first-order chi connectivity index (χ1) is 17.8. The van der Waals surface area contributed by atoms with E-state index in [1.54, 1.807) is 19.9 Å². The highest BCUT2D eigenvalue weighted by Gasteiger charge is 2.64. The molecule has 2 N–H and O–H groups in total. The number of fused-ring (bicyclic) bond motifs is 1. The lowest BCUT2D eigenvalue weighted by Crippen LogP contribution is -2.45. The van der Waals surface area contributed by atoms with Crippen LogP contribution in [0.3, 0.4) is 0 Å². The monoisotopic (exact) mass is 539 g/mol. The first-order valence-corrected chi connectivity index (χ1v) is 14.5. The number of amides is 1. The number of carbonyl (C=O) groups is 1. The zero-order valence-corrected chi connectivity index (χ0v) is 23.6. The minimum absolute atomic E-state index is 0.133. The van der Waals surface area contributed by atoms with Crippen LogP contribution >= 0.6 is 11.6 Å². The molecule has 0 aliphatic carbocycles. The average Bonchev–Trinajstić information content (AvgIpc) is 3.26. The molecule has 2 heterocycles. The predicted molar refractivity (Wildman–Crippen MR) is 144 cm³/mol. The van der Waals surface area contributed by atoms with Crippen molar-refractivity contribution in [1.82, 2.24) is 5.32 Å². The Bertz CT molecular complexity index is 836. The van der Waals surface area contributed by atoms with E-state index >= 15 is 0 Å². The van der Waals surface area contributed by atoms with Crippen LogP contribution in [-0.2, 0) is 30.2 Å². The smallest absolute Gasteiger partial charge is 0.224 e. The summed E-state index contributed by atoms with van der Waals surface area (Å²) in [6, 6.07) is 7.24. The third kappa shape index (κ3) is 9.19. The Morgan fingerprint density at radius 3 is 2.35 bits per heavy atom. The van der Waals surface area contributed by atoms with Gasteiger partial charge in [-0.1, -0.05) is 94.5 Å². The number of nitrogens with one attached hydrogen (secondary N) is 1. The van der Waals surface area contributed by atoms with E-state index in [2.05, 4.69) is 12.2 Å². The van der Waals surface area contributed by atoms with E-state index in [4.69, 9.17) is 30.5 Å². The van der Waals surface area contributed by atoms with Crippen LogP contribution in [0.5, 0.6) is 0 Å². The highest BCUT2D eigenvalue weighted by molar-refractivity contribution is 6.31. The largest absolute Gasteiger partial charge is 0.387 e. The molecule has 0 radical (unpaired) electrons. The van der Waals surface area contributed by atoms with Crippen LogP contribution < -0.4 is 5.32 Å². The van der Waals surface area contributed by atoms with Crippen molar-refractivity contribution in [3.63, 3.8) is 0 Å². The van der Waals surface area contributed by atoms with Crippen molar-refractivity contribution in [2.24, 2.45) is 0 Å². The van der Waals surface area contributed by atoms with Crippen LogP contribution in [0.2, 0.25) is 5.02 Å². The van der Waals surface area contributed by atoms with Gasteiger partial charge in [0.2, 0.25) is 11.7 Å². The molecule has 1 amide bonds. The van der Waals surface area contributed by atoms with Crippen LogP contribution in [0.1, 0.15) is 90.5 Å². The van der Waals surface area contributed by atoms with E-state index in [9.17, 15) is 9.90 Å². The van der Waals surface area contributed by atoms with Gasteiger partial charge < -0.3 is 29.4 Å². The normalized spacial score (nSPS) is 26.4. The summed E-state index contributed by atoms with van der Waals surface area (Å²) >= 11 is 6.16. The van der Waals surface area contributed by atoms with Crippen molar-refractivity contribution in [3.05, 3.63) is 34.9 Å². The summed E-state index contributed by atoms with van der Waals surface area (Å²) in [6.45, 7) is 6.75. The van der Waals surface area contributed by atoms with Gasteiger partial charge in [-0.15, -0.1) is 0 Å². The van der Waals surface area contributed by atoms with Crippen molar-refractivity contribution < 1.29 is 28.8 Å². The van der Waals surface area contributed by atoms with Crippen molar-refractivity contribution in [2.45, 2.75) is 121 Å². The summed E-state index contributed by atoms with van der Waals surface area (Å²) in [5.41, 5.74) is 0.747. The predicted octanol–water partition coefficient (Wildman–Crippen LogP) is 5.54. The molecule has 2 saturated heterocycles. The lowest BCUT2D eigenvalue weighted by molar-refractivity contribution is -0.277. The Labute approximate surface area is 227 Å². The Balaban J connectivity index is 1.38. The van der Waals surface area contributed by atoms with E-state index in [1.165, 1.54) is 51.4 Å². The molecule has 0 spiro atoms. The Hall–Kier alpha value is -1.22. The van der Waals surface area contributed by atoms with Crippen molar-refractivity contribution >= 4 is 17.5 Å². The number of halogens is 1. The van der Waals surface area contributed by atoms with Gasteiger partial charge in [-0.05, 0) is 31.9 Å². The van der Waals surface area contributed by atoms with Gasteiger partial charge in [0.15, 0.2) is 5.79 Å². The topological polar surface area (TPSA) is 86.3 Å². The lowest BCUT2D eigenvalue weighted by Gasteiger charge is -2.28. The van der Waals surface area contributed by atoms with Gasteiger partial charge in [0.1, 0.15) is 24.9 Å². The highest BCUT2D eigenvalue weighted by atomic mass is 35.5. The number of rotatable bonds is 17. The number of ether oxygens (including phenoxy) is 4. The molecule has 0 saturated carbocycles. The highest BCUT2D eigenvalue weighted by Crippen LogP contribution is 2.45. The summed E-state index contributed by atoms with van der Waals surface area (Å²) in [7, 11) is 0. The van der Waals surface area contributed by atoms with Crippen LogP contribution in [0, 0.1) is 0 Å². The van der Waals surface area contributed by atoms with Crippen molar-refractivity contribution in [3.8, 4) is 0 Å². The molecular formula is C29H46ClNO6. The van der Waals surface area contributed by atoms with Crippen molar-refractivity contribution in [2.75, 3.05) is 19.8 Å². The number of hydrogen-bond acceptors (Lipinski definition) is 6. The van der Waals surface area contributed by atoms with Gasteiger partial charge in [-0.25, -0.2) is 0 Å². The fraction of sp³-hybridized carbons (Fsp3) is 0.759. The number of carbonyl (C=O) groups excluding carboxylic acids is 1. The van der Waals surface area contributed by atoms with Gasteiger partial charge in [-0.2, -0.15) is 0 Å². The number of aliphatic hydroxyl groups is 1. The molecule has 210 valence electrons. The second kappa shape index (κ2) is 14.8. The van der Waals surface area contributed by atoms with Gasteiger partial charge in [-0.3, -0.25) is 4.79 Å². The number of hydrogen-bond donors (Lipinski definition) is 2. The third-order valence-corrected chi connectivity index (χ3v) is 7.43. The zero-order valence-electron chi connectivity index (χ0n) is 22.8. The zero-order chi connectivity index (χ0) is 26.7. The fourth-order valence-corrected chi connectivity index (χ4v) is 5.34. The summed E-state index contributed by atoms with van der Waals surface area (Å²) in [5.74, 6) is -2.29. The number of unbranched alkanes of at least 4 members (excludes halogenated alkanes) is 9. The molecule has 0 aromatic heterocycles.